The molecule has 0 heterocycles. The van der Waals surface area contributed by atoms with Crippen LogP contribution in [0.4, 0.5) is 5.69 Å². The van der Waals surface area contributed by atoms with E-state index < -0.39 is 27.9 Å². The van der Waals surface area contributed by atoms with Crippen LogP contribution in [0.2, 0.25) is 0 Å². The van der Waals surface area contributed by atoms with E-state index in [0.717, 1.165) is 0 Å². The van der Waals surface area contributed by atoms with Crippen LogP contribution < -0.4 is 4.74 Å². The lowest BCUT2D eigenvalue weighted by Crippen LogP contribution is -2.11. The van der Waals surface area contributed by atoms with E-state index in [4.69, 9.17) is 9.84 Å². The summed E-state index contributed by atoms with van der Waals surface area (Å²) in [4.78, 5) is 21.7. The molecule has 7 heteroatoms. The number of nitro benzene ring substituents is 1. The molecule has 0 saturated heterocycles. The van der Waals surface area contributed by atoms with E-state index in [1.165, 1.54) is 0 Å². The summed E-state index contributed by atoms with van der Waals surface area (Å²) in [5, 5.41) is 30.4. The molecule has 0 radical (unpaired) electrons. The van der Waals surface area contributed by atoms with Crippen LogP contribution in [-0.4, -0.2) is 27.7 Å². The number of nitro groups is 1. The molecule has 0 unspecified atom stereocenters. The minimum Gasteiger partial charge on any atom is -0.503 e. The van der Waals surface area contributed by atoms with Crippen molar-refractivity contribution in [2.75, 3.05) is 6.61 Å². The van der Waals surface area contributed by atoms with Crippen LogP contribution in [-0.2, 0) is 12.8 Å². The maximum absolute atomic E-state index is 11.3. The van der Waals surface area contributed by atoms with Crippen molar-refractivity contribution in [2.45, 2.75) is 33.6 Å². The second kappa shape index (κ2) is 6.23. The second-order valence-corrected chi connectivity index (χ2v) is 4.06. The Morgan fingerprint density at radius 1 is 1.25 bits per heavy atom. The van der Waals surface area contributed by atoms with Gasteiger partial charge in [-0.1, -0.05) is 13.8 Å². The molecule has 0 aromatic heterocycles. The maximum Gasteiger partial charge on any atom is 0.346 e. The van der Waals surface area contributed by atoms with E-state index in [1.54, 1.807) is 20.8 Å². The van der Waals surface area contributed by atoms with Gasteiger partial charge < -0.3 is 14.9 Å². The quantitative estimate of drug-likeness (QED) is 0.613. The molecule has 0 amide bonds. The summed E-state index contributed by atoms with van der Waals surface area (Å²) in [6.07, 6.45) is 0.674. The monoisotopic (exact) mass is 283 g/mol. The number of hydrogen-bond donors (Lipinski definition) is 2. The van der Waals surface area contributed by atoms with E-state index in [-0.39, 0.29) is 24.3 Å². The lowest BCUT2D eigenvalue weighted by atomic mass is 9.95. The van der Waals surface area contributed by atoms with Crippen molar-refractivity contribution in [3.05, 3.63) is 26.8 Å². The average Bonchev–Trinajstić information content (AvgIpc) is 2.39. The number of hydrogen-bond acceptors (Lipinski definition) is 5. The molecule has 7 nitrogen and oxygen atoms in total. The van der Waals surface area contributed by atoms with Gasteiger partial charge in [0.05, 0.1) is 11.5 Å². The summed E-state index contributed by atoms with van der Waals surface area (Å²) in [7, 11) is 0. The molecule has 0 bridgehead atoms. The van der Waals surface area contributed by atoms with E-state index in [9.17, 15) is 20.0 Å². The molecule has 1 aromatic rings. The van der Waals surface area contributed by atoms with Gasteiger partial charge in [-0.2, -0.15) is 0 Å². The molecular formula is C13H17NO6. The Bertz CT molecular complexity index is 553. The Kier molecular flexibility index (Phi) is 4.90. The molecule has 1 rings (SSSR count). The smallest absolute Gasteiger partial charge is 0.346 e. The Morgan fingerprint density at radius 2 is 1.80 bits per heavy atom. The summed E-state index contributed by atoms with van der Waals surface area (Å²) < 4.78 is 5.29. The van der Waals surface area contributed by atoms with E-state index >= 15 is 0 Å². The number of carbonyl (C=O) groups is 1. The van der Waals surface area contributed by atoms with Crippen LogP contribution in [0.25, 0.3) is 0 Å². The molecular weight excluding hydrogens is 266 g/mol. The van der Waals surface area contributed by atoms with Crippen LogP contribution in [0.1, 0.15) is 42.3 Å². The van der Waals surface area contributed by atoms with E-state index in [0.29, 0.717) is 12.0 Å². The first-order valence-corrected chi connectivity index (χ1v) is 6.31. The Balaban J connectivity index is 3.88. The lowest BCUT2D eigenvalue weighted by molar-refractivity contribution is -0.386. The molecule has 0 aliphatic heterocycles. The highest BCUT2D eigenvalue weighted by molar-refractivity contribution is 5.98. The Hall–Kier alpha value is -2.31. The fourth-order valence-corrected chi connectivity index (χ4v) is 2.26. The Labute approximate surface area is 116 Å². The van der Waals surface area contributed by atoms with Gasteiger partial charge in [0, 0.05) is 11.1 Å². The standard InChI is InChI=1S/C13H17NO6/c1-4-7-8(5-2)12(20-6-3)11(15)9(13(16)17)10(7)14(18)19/h15H,4-6H2,1-3H3,(H,16,17). The normalized spacial score (nSPS) is 10.3. The lowest BCUT2D eigenvalue weighted by Gasteiger charge is -2.17. The van der Waals surface area contributed by atoms with E-state index in [1.807, 2.05) is 0 Å². The van der Waals surface area contributed by atoms with Crippen molar-refractivity contribution in [1.82, 2.24) is 0 Å². The van der Waals surface area contributed by atoms with Crippen molar-refractivity contribution in [3.63, 3.8) is 0 Å². The van der Waals surface area contributed by atoms with Crippen LogP contribution in [0.3, 0.4) is 0 Å². The molecule has 1 aromatic carbocycles. The number of ether oxygens (including phenoxy) is 1. The van der Waals surface area contributed by atoms with Crippen molar-refractivity contribution >= 4 is 11.7 Å². The molecule has 0 atom stereocenters. The number of carboxylic acid groups (broad SMARTS) is 1. The topological polar surface area (TPSA) is 110 Å². The summed E-state index contributed by atoms with van der Waals surface area (Å²) in [5.41, 5.74) is -0.509. The molecule has 0 fully saturated rings. The summed E-state index contributed by atoms with van der Waals surface area (Å²) in [6, 6.07) is 0. The fraction of sp³-hybridized carbons (Fsp3) is 0.462. The zero-order valence-corrected chi connectivity index (χ0v) is 11.6. The molecule has 110 valence electrons. The molecule has 0 aliphatic carbocycles. The number of aromatic hydroxyl groups is 1. The third-order valence-corrected chi connectivity index (χ3v) is 3.01. The first-order valence-electron chi connectivity index (χ1n) is 6.31. The number of phenols is 1. The zero-order valence-electron chi connectivity index (χ0n) is 11.6. The largest absolute Gasteiger partial charge is 0.503 e. The van der Waals surface area contributed by atoms with Crippen LogP contribution in [0.15, 0.2) is 0 Å². The third kappa shape index (κ3) is 2.52. The van der Waals surface area contributed by atoms with Gasteiger partial charge >= 0.3 is 5.97 Å². The highest BCUT2D eigenvalue weighted by Gasteiger charge is 2.33. The van der Waals surface area contributed by atoms with Crippen molar-refractivity contribution in [1.29, 1.82) is 0 Å². The third-order valence-electron chi connectivity index (χ3n) is 3.01. The number of carboxylic acids is 1. The van der Waals surface area contributed by atoms with E-state index in [2.05, 4.69) is 0 Å². The van der Waals surface area contributed by atoms with Gasteiger partial charge in [-0.25, -0.2) is 4.79 Å². The van der Waals surface area contributed by atoms with Gasteiger partial charge in [-0.3, -0.25) is 10.1 Å². The predicted molar refractivity (Wildman–Crippen MR) is 71.6 cm³/mol. The molecule has 0 saturated carbocycles. The van der Waals surface area contributed by atoms with Gasteiger partial charge in [0.15, 0.2) is 17.1 Å². The van der Waals surface area contributed by atoms with Crippen LogP contribution in [0.5, 0.6) is 11.5 Å². The SMILES string of the molecule is CCOc1c(O)c(C(=O)O)c([N+](=O)[O-])c(CC)c1CC. The Morgan fingerprint density at radius 3 is 2.15 bits per heavy atom. The first-order chi connectivity index (χ1) is 9.40. The van der Waals surface area contributed by atoms with Crippen molar-refractivity contribution in [2.24, 2.45) is 0 Å². The second-order valence-electron chi connectivity index (χ2n) is 4.06. The molecule has 2 N–H and O–H groups in total. The predicted octanol–water partition coefficient (Wildman–Crippen LogP) is 2.52. The highest BCUT2D eigenvalue weighted by atomic mass is 16.6. The first kappa shape index (κ1) is 15.7. The summed E-state index contributed by atoms with van der Waals surface area (Å²) in [6.45, 7) is 5.37. The number of nitrogens with zero attached hydrogens (tertiary/aromatic N) is 1. The maximum atomic E-state index is 11.3. The zero-order chi connectivity index (χ0) is 15.4. The number of rotatable bonds is 6. The van der Waals surface area contributed by atoms with Gasteiger partial charge in [0.2, 0.25) is 0 Å². The minimum absolute atomic E-state index is 0.0230. The van der Waals surface area contributed by atoms with Crippen LogP contribution in [0, 0.1) is 10.1 Å². The van der Waals surface area contributed by atoms with Crippen LogP contribution >= 0.6 is 0 Å². The molecule has 0 spiro atoms. The minimum atomic E-state index is -1.55. The number of aromatic carboxylic acids is 1. The fourth-order valence-electron chi connectivity index (χ4n) is 2.26. The van der Waals surface area contributed by atoms with Gasteiger partial charge in [0.1, 0.15) is 0 Å². The van der Waals surface area contributed by atoms with Gasteiger partial charge in [0.25, 0.3) is 5.69 Å². The average molecular weight is 283 g/mol. The summed E-state index contributed by atoms with van der Waals surface area (Å²) in [5.74, 6) is -2.21. The van der Waals surface area contributed by atoms with Gasteiger partial charge in [-0.05, 0) is 19.8 Å². The van der Waals surface area contributed by atoms with Crippen molar-refractivity contribution < 1.29 is 24.7 Å². The van der Waals surface area contributed by atoms with Gasteiger partial charge in [-0.15, -0.1) is 0 Å². The number of benzene rings is 1. The van der Waals surface area contributed by atoms with Crippen molar-refractivity contribution in [3.8, 4) is 11.5 Å². The highest BCUT2D eigenvalue weighted by Crippen LogP contribution is 2.43. The summed E-state index contributed by atoms with van der Waals surface area (Å²) >= 11 is 0. The molecule has 20 heavy (non-hydrogen) atoms. The molecule has 0 aliphatic rings.